The second-order valence-electron chi connectivity index (χ2n) is 4.11. The predicted octanol–water partition coefficient (Wildman–Crippen LogP) is 2.42. The van der Waals surface area contributed by atoms with Crippen molar-refractivity contribution in [3.63, 3.8) is 0 Å². The zero-order valence-electron chi connectivity index (χ0n) is 9.14. The van der Waals surface area contributed by atoms with E-state index in [9.17, 15) is 0 Å². The number of pyridine rings is 1. The largest absolute Gasteiger partial charge is 0.464 e. The lowest BCUT2D eigenvalue weighted by molar-refractivity contribution is 0.121. The van der Waals surface area contributed by atoms with Crippen molar-refractivity contribution in [2.75, 3.05) is 11.9 Å². The van der Waals surface area contributed by atoms with Crippen LogP contribution in [0.5, 0.6) is 0 Å². The lowest BCUT2D eigenvalue weighted by Crippen LogP contribution is -2.27. The Morgan fingerprint density at radius 1 is 1.44 bits per heavy atom. The lowest BCUT2D eigenvalue weighted by Gasteiger charge is -2.16. The molecule has 0 aromatic carbocycles. The van der Waals surface area contributed by atoms with Gasteiger partial charge in [-0.15, -0.1) is 0 Å². The van der Waals surface area contributed by atoms with E-state index in [0.717, 1.165) is 29.8 Å². The summed E-state index contributed by atoms with van der Waals surface area (Å²) in [6, 6.07) is 4.15. The molecule has 2 aromatic heterocycles. The minimum absolute atomic E-state index is 0.240. The van der Waals surface area contributed by atoms with Crippen LogP contribution in [0, 0.1) is 0 Å². The lowest BCUT2D eigenvalue weighted by atomic mass is 10.1. The van der Waals surface area contributed by atoms with E-state index < -0.39 is 0 Å². The number of fused-ring (bicyclic) bond motifs is 1. The molecule has 1 aliphatic heterocycles. The molecule has 1 aliphatic rings. The number of anilines is 1. The molecule has 84 valence electrons. The first-order chi connectivity index (χ1) is 7.84. The molecule has 3 heterocycles. The zero-order chi connectivity index (χ0) is 11.0. The van der Waals surface area contributed by atoms with Gasteiger partial charge in [0.1, 0.15) is 11.4 Å². The molecule has 3 rings (SSSR count). The summed E-state index contributed by atoms with van der Waals surface area (Å²) in [5.41, 5.74) is 0.865. The van der Waals surface area contributed by atoms with Crippen LogP contribution in [0.25, 0.3) is 11.0 Å². The zero-order valence-corrected chi connectivity index (χ0v) is 9.14. The summed E-state index contributed by atoms with van der Waals surface area (Å²) >= 11 is 0. The third kappa shape index (κ3) is 1.55. The van der Waals surface area contributed by atoms with Crippen molar-refractivity contribution in [2.24, 2.45) is 0 Å². The molecule has 4 heteroatoms. The normalized spacial score (nSPS) is 25.1. The summed E-state index contributed by atoms with van der Waals surface area (Å²) in [5.74, 6) is 0.883. The van der Waals surface area contributed by atoms with Gasteiger partial charge in [-0.25, -0.2) is 4.98 Å². The number of nitrogens with one attached hydrogen (secondary N) is 1. The summed E-state index contributed by atoms with van der Waals surface area (Å²) in [4.78, 5) is 4.35. The Hall–Kier alpha value is -1.55. The maximum atomic E-state index is 5.52. The summed E-state index contributed by atoms with van der Waals surface area (Å²) in [5, 5.41) is 4.45. The van der Waals surface area contributed by atoms with Crippen molar-refractivity contribution in [3.05, 3.63) is 24.6 Å². The Kier molecular flexibility index (Phi) is 2.29. The van der Waals surface area contributed by atoms with Gasteiger partial charge in [0.2, 0.25) is 0 Å². The third-order valence-corrected chi connectivity index (χ3v) is 3.08. The average molecular weight is 218 g/mol. The van der Waals surface area contributed by atoms with Gasteiger partial charge in [0.15, 0.2) is 0 Å². The number of rotatable bonds is 2. The van der Waals surface area contributed by atoms with Crippen molar-refractivity contribution >= 4 is 16.8 Å². The standard InChI is InChI=1S/C12H14N2O2/c1-8-10(4-7-15-8)14-12-9-3-6-16-11(9)2-5-13-12/h2-3,5-6,8,10H,4,7H2,1H3,(H,13,14). The summed E-state index contributed by atoms with van der Waals surface area (Å²) in [6.07, 6.45) is 4.71. The van der Waals surface area contributed by atoms with Gasteiger partial charge in [-0.3, -0.25) is 0 Å². The molecule has 0 spiro atoms. The molecule has 0 bridgehead atoms. The average Bonchev–Trinajstić information content (AvgIpc) is 2.89. The van der Waals surface area contributed by atoms with Crippen LogP contribution in [0.15, 0.2) is 29.0 Å². The number of nitrogens with zero attached hydrogens (tertiary/aromatic N) is 1. The van der Waals surface area contributed by atoms with E-state index in [1.807, 2.05) is 12.1 Å². The van der Waals surface area contributed by atoms with Gasteiger partial charge in [-0.05, 0) is 25.5 Å². The maximum Gasteiger partial charge on any atom is 0.139 e. The Labute approximate surface area is 93.6 Å². The first kappa shape index (κ1) is 9.66. The molecule has 2 aromatic rings. The van der Waals surface area contributed by atoms with Gasteiger partial charge in [0.25, 0.3) is 0 Å². The van der Waals surface area contributed by atoms with Crippen LogP contribution in [0.3, 0.4) is 0 Å². The Morgan fingerprint density at radius 3 is 3.19 bits per heavy atom. The van der Waals surface area contributed by atoms with E-state index in [1.54, 1.807) is 12.5 Å². The van der Waals surface area contributed by atoms with Gasteiger partial charge < -0.3 is 14.5 Å². The highest BCUT2D eigenvalue weighted by Gasteiger charge is 2.24. The Bertz CT molecular complexity index is 494. The Morgan fingerprint density at radius 2 is 2.38 bits per heavy atom. The highest BCUT2D eigenvalue weighted by molar-refractivity contribution is 5.87. The van der Waals surface area contributed by atoms with Crippen molar-refractivity contribution in [3.8, 4) is 0 Å². The highest BCUT2D eigenvalue weighted by atomic mass is 16.5. The van der Waals surface area contributed by atoms with Crippen molar-refractivity contribution in [1.82, 2.24) is 4.98 Å². The van der Waals surface area contributed by atoms with Crippen LogP contribution < -0.4 is 5.32 Å². The molecule has 0 saturated carbocycles. The van der Waals surface area contributed by atoms with E-state index in [1.165, 1.54) is 0 Å². The minimum atomic E-state index is 0.240. The van der Waals surface area contributed by atoms with Crippen LogP contribution in [-0.4, -0.2) is 23.7 Å². The molecule has 0 amide bonds. The van der Waals surface area contributed by atoms with Crippen LogP contribution in [0.1, 0.15) is 13.3 Å². The van der Waals surface area contributed by atoms with Crippen molar-refractivity contribution in [1.29, 1.82) is 0 Å². The molecule has 4 nitrogen and oxygen atoms in total. The predicted molar refractivity (Wildman–Crippen MR) is 61.5 cm³/mol. The first-order valence-electron chi connectivity index (χ1n) is 5.55. The van der Waals surface area contributed by atoms with E-state index >= 15 is 0 Å². The van der Waals surface area contributed by atoms with E-state index in [4.69, 9.17) is 9.15 Å². The molecule has 2 atom stereocenters. The SMILES string of the molecule is CC1OCCC1Nc1nccc2occc12. The number of aromatic nitrogens is 1. The molecule has 1 fully saturated rings. The second-order valence-corrected chi connectivity index (χ2v) is 4.11. The molecular weight excluding hydrogens is 204 g/mol. The topological polar surface area (TPSA) is 47.3 Å². The van der Waals surface area contributed by atoms with Crippen LogP contribution in [-0.2, 0) is 4.74 Å². The fourth-order valence-electron chi connectivity index (χ4n) is 2.11. The van der Waals surface area contributed by atoms with Gasteiger partial charge in [-0.1, -0.05) is 0 Å². The van der Waals surface area contributed by atoms with Gasteiger partial charge in [0.05, 0.1) is 23.8 Å². The fourth-order valence-corrected chi connectivity index (χ4v) is 2.11. The van der Waals surface area contributed by atoms with E-state index in [-0.39, 0.29) is 6.10 Å². The Balaban J connectivity index is 1.91. The number of furan rings is 1. The molecule has 2 unspecified atom stereocenters. The quantitative estimate of drug-likeness (QED) is 0.840. The van der Waals surface area contributed by atoms with Crippen molar-refractivity contribution < 1.29 is 9.15 Å². The molecule has 0 aliphatic carbocycles. The van der Waals surface area contributed by atoms with E-state index in [2.05, 4.69) is 17.2 Å². The van der Waals surface area contributed by atoms with Crippen LogP contribution in [0.2, 0.25) is 0 Å². The molecule has 16 heavy (non-hydrogen) atoms. The number of ether oxygens (including phenoxy) is 1. The van der Waals surface area contributed by atoms with Gasteiger partial charge in [-0.2, -0.15) is 0 Å². The van der Waals surface area contributed by atoms with Crippen LogP contribution >= 0.6 is 0 Å². The molecule has 0 radical (unpaired) electrons. The first-order valence-corrected chi connectivity index (χ1v) is 5.55. The number of hydrogen-bond donors (Lipinski definition) is 1. The third-order valence-electron chi connectivity index (χ3n) is 3.08. The monoisotopic (exact) mass is 218 g/mol. The molecule has 1 N–H and O–H groups in total. The van der Waals surface area contributed by atoms with Gasteiger partial charge >= 0.3 is 0 Å². The molecular formula is C12H14N2O2. The fraction of sp³-hybridized carbons (Fsp3) is 0.417. The minimum Gasteiger partial charge on any atom is -0.464 e. The van der Waals surface area contributed by atoms with Crippen molar-refractivity contribution in [2.45, 2.75) is 25.5 Å². The van der Waals surface area contributed by atoms with Gasteiger partial charge in [0, 0.05) is 12.8 Å². The summed E-state index contributed by atoms with van der Waals surface area (Å²) < 4.78 is 10.9. The smallest absolute Gasteiger partial charge is 0.139 e. The summed E-state index contributed by atoms with van der Waals surface area (Å²) in [7, 11) is 0. The van der Waals surface area contributed by atoms with E-state index in [0.29, 0.717) is 6.04 Å². The highest BCUT2D eigenvalue weighted by Crippen LogP contribution is 2.25. The molecule has 1 saturated heterocycles. The summed E-state index contributed by atoms with van der Waals surface area (Å²) in [6.45, 7) is 2.90. The van der Waals surface area contributed by atoms with Crippen LogP contribution in [0.4, 0.5) is 5.82 Å². The second kappa shape index (κ2) is 3.79. The maximum absolute atomic E-state index is 5.52. The number of hydrogen-bond acceptors (Lipinski definition) is 4.